The van der Waals surface area contributed by atoms with Crippen molar-refractivity contribution in [1.82, 2.24) is 9.97 Å². The molecule has 0 saturated heterocycles. The number of anilines is 3. The molecule has 0 aliphatic heterocycles. The molecule has 0 aliphatic rings. The van der Waals surface area contributed by atoms with Crippen molar-refractivity contribution in [3.8, 4) is 0 Å². The van der Waals surface area contributed by atoms with Crippen LogP contribution >= 0.6 is 39.1 Å². The lowest BCUT2D eigenvalue weighted by Crippen LogP contribution is -2.04. The molecule has 2 rings (SSSR count). The normalized spacial score (nSPS) is 10.3. The van der Waals surface area contributed by atoms with Gasteiger partial charge in [-0.15, -0.1) is 0 Å². The van der Waals surface area contributed by atoms with Gasteiger partial charge in [-0.3, -0.25) is 10.1 Å². The van der Waals surface area contributed by atoms with Crippen molar-refractivity contribution >= 4 is 62.3 Å². The molecule has 0 aliphatic carbocycles. The highest BCUT2D eigenvalue weighted by Crippen LogP contribution is 2.38. The van der Waals surface area contributed by atoms with Crippen LogP contribution in [0, 0.1) is 10.1 Å². The fraction of sp³-hybridized carbons (Fsp3) is 0. The Kier molecular flexibility index (Phi) is 4.26. The number of nitrogen functional groups attached to an aromatic ring is 1. The Balaban J connectivity index is 2.47. The summed E-state index contributed by atoms with van der Waals surface area (Å²) in [6.45, 7) is 0. The molecule has 20 heavy (non-hydrogen) atoms. The van der Waals surface area contributed by atoms with Gasteiger partial charge in [0.1, 0.15) is 6.20 Å². The molecule has 0 radical (unpaired) electrons. The highest BCUT2D eigenvalue weighted by atomic mass is 79.9. The van der Waals surface area contributed by atoms with Gasteiger partial charge in [0.05, 0.1) is 20.7 Å². The van der Waals surface area contributed by atoms with Gasteiger partial charge in [0.25, 0.3) is 0 Å². The minimum atomic E-state index is -0.629. The molecule has 1 aromatic carbocycles. The van der Waals surface area contributed by atoms with Gasteiger partial charge >= 0.3 is 5.69 Å². The van der Waals surface area contributed by atoms with Crippen LogP contribution in [0.3, 0.4) is 0 Å². The van der Waals surface area contributed by atoms with Crippen molar-refractivity contribution < 1.29 is 4.92 Å². The summed E-state index contributed by atoms with van der Waals surface area (Å²) in [5.41, 5.74) is 5.46. The molecule has 0 unspecified atom stereocenters. The minimum absolute atomic E-state index is 0.0669. The number of nitrogens with zero attached hydrogens (tertiary/aromatic N) is 3. The van der Waals surface area contributed by atoms with Crippen molar-refractivity contribution in [1.29, 1.82) is 0 Å². The summed E-state index contributed by atoms with van der Waals surface area (Å²) in [5, 5.41) is 14.1. The first-order valence-electron chi connectivity index (χ1n) is 5.07. The second-order valence-corrected chi connectivity index (χ2v) is 5.18. The van der Waals surface area contributed by atoms with E-state index >= 15 is 0 Å². The molecule has 7 nitrogen and oxygen atoms in total. The predicted octanol–water partition coefficient (Wildman–Crippen LogP) is 3.78. The zero-order chi connectivity index (χ0) is 14.9. The summed E-state index contributed by atoms with van der Waals surface area (Å²) in [5.74, 6) is -0.166. The van der Waals surface area contributed by atoms with E-state index in [4.69, 9.17) is 28.9 Å². The summed E-state index contributed by atoms with van der Waals surface area (Å²) in [6, 6.07) is 3.24. The molecule has 104 valence electrons. The average molecular weight is 379 g/mol. The van der Waals surface area contributed by atoms with Crippen LogP contribution in [-0.4, -0.2) is 14.9 Å². The van der Waals surface area contributed by atoms with Crippen LogP contribution in [-0.2, 0) is 0 Å². The van der Waals surface area contributed by atoms with Gasteiger partial charge in [-0.25, -0.2) is 4.98 Å². The summed E-state index contributed by atoms with van der Waals surface area (Å²) in [6.07, 6.45) is 1.01. The van der Waals surface area contributed by atoms with E-state index in [1.54, 1.807) is 12.1 Å². The van der Waals surface area contributed by atoms with Crippen molar-refractivity contribution in [3.63, 3.8) is 0 Å². The number of hydrogen-bond acceptors (Lipinski definition) is 6. The molecule has 0 fully saturated rings. The van der Waals surface area contributed by atoms with Gasteiger partial charge in [0.15, 0.2) is 0 Å². The third-order valence-electron chi connectivity index (χ3n) is 2.27. The highest BCUT2D eigenvalue weighted by Gasteiger charge is 2.18. The van der Waals surface area contributed by atoms with Crippen LogP contribution in [0.2, 0.25) is 10.0 Å². The third kappa shape index (κ3) is 2.92. The Morgan fingerprint density at radius 1 is 1.35 bits per heavy atom. The topological polar surface area (TPSA) is 107 Å². The second kappa shape index (κ2) is 5.78. The van der Waals surface area contributed by atoms with E-state index in [-0.39, 0.29) is 27.5 Å². The van der Waals surface area contributed by atoms with Crippen LogP contribution in [0.1, 0.15) is 0 Å². The lowest BCUT2D eigenvalue weighted by molar-refractivity contribution is -0.384. The van der Waals surface area contributed by atoms with Crippen LogP contribution < -0.4 is 11.1 Å². The van der Waals surface area contributed by atoms with Crippen LogP contribution in [0.4, 0.5) is 23.1 Å². The zero-order valence-corrected chi connectivity index (χ0v) is 12.7. The van der Waals surface area contributed by atoms with Crippen LogP contribution in [0.15, 0.2) is 22.8 Å². The van der Waals surface area contributed by atoms with Gasteiger partial charge < -0.3 is 11.1 Å². The number of benzene rings is 1. The van der Waals surface area contributed by atoms with E-state index in [2.05, 4.69) is 31.2 Å². The Morgan fingerprint density at radius 3 is 2.70 bits per heavy atom. The molecular formula is C10H6BrCl2N5O2. The molecule has 0 spiro atoms. The Hall–Kier alpha value is -1.64. The van der Waals surface area contributed by atoms with E-state index in [9.17, 15) is 10.1 Å². The molecule has 0 bridgehead atoms. The van der Waals surface area contributed by atoms with E-state index in [0.717, 1.165) is 6.20 Å². The fourth-order valence-electron chi connectivity index (χ4n) is 1.36. The van der Waals surface area contributed by atoms with Crippen molar-refractivity contribution in [2.75, 3.05) is 11.1 Å². The molecule has 1 heterocycles. The first-order valence-corrected chi connectivity index (χ1v) is 6.62. The third-order valence-corrected chi connectivity index (χ3v) is 4.04. The monoisotopic (exact) mass is 377 g/mol. The summed E-state index contributed by atoms with van der Waals surface area (Å²) in [7, 11) is 0. The largest absolute Gasteiger partial charge is 0.368 e. The van der Waals surface area contributed by atoms with Gasteiger partial charge in [-0.1, -0.05) is 23.2 Å². The van der Waals surface area contributed by atoms with E-state index < -0.39 is 4.92 Å². The lowest BCUT2D eigenvalue weighted by atomic mass is 10.3. The number of aromatic nitrogens is 2. The van der Waals surface area contributed by atoms with Gasteiger partial charge in [-0.2, -0.15) is 4.98 Å². The Labute approximate surface area is 131 Å². The fourth-order valence-corrected chi connectivity index (χ4v) is 2.19. The number of nitrogens with one attached hydrogen (secondary N) is 1. The van der Waals surface area contributed by atoms with Crippen molar-refractivity contribution in [2.24, 2.45) is 0 Å². The first-order chi connectivity index (χ1) is 9.40. The maximum Gasteiger partial charge on any atom is 0.329 e. The van der Waals surface area contributed by atoms with E-state index in [1.165, 1.54) is 0 Å². The van der Waals surface area contributed by atoms with Crippen LogP contribution in [0.5, 0.6) is 0 Å². The summed E-state index contributed by atoms with van der Waals surface area (Å²) in [4.78, 5) is 17.6. The molecule has 2 aromatic rings. The van der Waals surface area contributed by atoms with Crippen molar-refractivity contribution in [3.05, 3.63) is 43.0 Å². The molecule has 0 saturated carbocycles. The maximum absolute atomic E-state index is 10.9. The molecule has 1 aromatic heterocycles. The molecule has 3 N–H and O–H groups in total. The smallest absolute Gasteiger partial charge is 0.329 e. The molecule has 0 atom stereocenters. The number of nitrogens with two attached hydrogens (primary N) is 1. The molecule has 10 heteroatoms. The number of nitro groups is 1. The number of rotatable bonds is 3. The molecular weight excluding hydrogens is 373 g/mol. The number of hydrogen-bond donors (Lipinski definition) is 2. The second-order valence-electron chi connectivity index (χ2n) is 3.57. The minimum Gasteiger partial charge on any atom is -0.368 e. The zero-order valence-electron chi connectivity index (χ0n) is 9.60. The quantitative estimate of drug-likeness (QED) is 0.478. The van der Waals surface area contributed by atoms with E-state index in [1.807, 2.05) is 0 Å². The number of halogens is 3. The van der Waals surface area contributed by atoms with E-state index in [0.29, 0.717) is 10.2 Å². The Morgan fingerprint density at radius 2 is 2.05 bits per heavy atom. The lowest BCUT2D eigenvalue weighted by Gasteiger charge is -2.10. The van der Waals surface area contributed by atoms with Crippen LogP contribution in [0.25, 0.3) is 0 Å². The Bertz CT molecular complexity index is 698. The summed E-state index contributed by atoms with van der Waals surface area (Å²) >= 11 is 15.2. The maximum atomic E-state index is 10.9. The predicted molar refractivity (Wildman–Crippen MR) is 80.5 cm³/mol. The first kappa shape index (κ1) is 14.8. The SMILES string of the molecule is Nc1ncc([N+](=O)[O-])c(Nc2ccc(Br)c(Cl)c2Cl)n1. The summed E-state index contributed by atoms with van der Waals surface area (Å²) < 4.78 is 0.603. The van der Waals surface area contributed by atoms with Gasteiger partial charge in [0, 0.05) is 4.47 Å². The molecule has 0 amide bonds. The van der Waals surface area contributed by atoms with Crippen molar-refractivity contribution in [2.45, 2.75) is 0 Å². The standard InChI is InChI=1S/C10H6BrCl2N5O2/c11-4-1-2-5(8(13)7(4)12)16-9-6(18(19)20)3-15-10(14)17-9/h1-3H,(H3,14,15,16,17). The average Bonchev–Trinajstić information content (AvgIpc) is 2.39. The highest BCUT2D eigenvalue weighted by molar-refractivity contribution is 9.10. The van der Waals surface area contributed by atoms with Gasteiger partial charge in [0.2, 0.25) is 11.8 Å². The van der Waals surface area contributed by atoms with Gasteiger partial charge in [-0.05, 0) is 28.1 Å².